The van der Waals surface area contributed by atoms with E-state index in [1.807, 2.05) is 12.3 Å². The molecule has 86 valence electrons. The lowest BCUT2D eigenvalue weighted by Crippen LogP contribution is -2.58. The SMILES string of the molecule is COc1ccc(C2(N)CC3(CCC3)C2)cn1. The number of methoxy groups -OCH3 is 1. The van der Waals surface area contributed by atoms with E-state index < -0.39 is 0 Å². The highest BCUT2D eigenvalue weighted by atomic mass is 16.5. The van der Waals surface area contributed by atoms with Crippen LogP contribution in [0.15, 0.2) is 18.3 Å². The van der Waals surface area contributed by atoms with Crippen LogP contribution in [0.1, 0.15) is 37.7 Å². The van der Waals surface area contributed by atoms with E-state index >= 15 is 0 Å². The van der Waals surface area contributed by atoms with Gasteiger partial charge < -0.3 is 10.5 Å². The summed E-state index contributed by atoms with van der Waals surface area (Å²) in [7, 11) is 1.63. The van der Waals surface area contributed by atoms with Crippen LogP contribution in [0.5, 0.6) is 5.88 Å². The van der Waals surface area contributed by atoms with Crippen molar-refractivity contribution in [3.63, 3.8) is 0 Å². The molecule has 2 N–H and O–H groups in total. The zero-order chi connectivity index (χ0) is 11.2. The second kappa shape index (κ2) is 3.20. The smallest absolute Gasteiger partial charge is 0.212 e. The third-order valence-electron chi connectivity index (χ3n) is 4.32. The first kappa shape index (κ1) is 10.1. The number of rotatable bonds is 2. The maximum Gasteiger partial charge on any atom is 0.212 e. The van der Waals surface area contributed by atoms with Crippen LogP contribution < -0.4 is 10.5 Å². The quantitative estimate of drug-likeness (QED) is 0.828. The molecule has 1 aromatic rings. The predicted molar refractivity (Wildman–Crippen MR) is 62.2 cm³/mol. The lowest BCUT2D eigenvalue weighted by molar-refractivity contribution is -0.0463. The van der Waals surface area contributed by atoms with Crippen LogP contribution >= 0.6 is 0 Å². The van der Waals surface area contributed by atoms with Gasteiger partial charge in [0, 0.05) is 17.8 Å². The summed E-state index contributed by atoms with van der Waals surface area (Å²) in [5, 5.41) is 0. The van der Waals surface area contributed by atoms with E-state index in [-0.39, 0.29) is 5.54 Å². The first-order valence-electron chi connectivity index (χ1n) is 5.95. The molecule has 2 saturated carbocycles. The lowest BCUT2D eigenvalue weighted by atomic mass is 9.47. The van der Waals surface area contributed by atoms with E-state index in [0.29, 0.717) is 11.3 Å². The van der Waals surface area contributed by atoms with Gasteiger partial charge in [0.2, 0.25) is 5.88 Å². The molecule has 1 heterocycles. The fourth-order valence-corrected chi connectivity index (χ4v) is 3.32. The number of aromatic nitrogens is 1. The summed E-state index contributed by atoms with van der Waals surface area (Å²) in [5.41, 5.74) is 8.04. The van der Waals surface area contributed by atoms with Gasteiger partial charge in [-0.3, -0.25) is 0 Å². The van der Waals surface area contributed by atoms with Gasteiger partial charge in [-0.2, -0.15) is 0 Å². The molecule has 0 aromatic carbocycles. The van der Waals surface area contributed by atoms with Crippen LogP contribution in [0.25, 0.3) is 0 Å². The third kappa shape index (κ3) is 1.34. The largest absolute Gasteiger partial charge is 0.481 e. The summed E-state index contributed by atoms with van der Waals surface area (Å²) >= 11 is 0. The minimum Gasteiger partial charge on any atom is -0.481 e. The minimum atomic E-state index is -0.125. The number of nitrogens with zero attached hydrogens (tertiary/aromatic N) is 1. The van der Waals surface area contributed by atoms with Gasteiger partial charge in [-0.25, -0.2) is 4.98 Å². The summed E-state index contributed by atoms with van der Waals surface area (Å²) < 4.78 is 5.05. The molecule has 0 aliphatic heterocycles. The van der Waals surface area contributed by atoms with Gasteiger partial charge in [0.1, 0.15) is 0 Å². The fourth-order valence-electron chi connectivity index (χ4n) is 3.32. The second-order valence-corrected chi connectivity index (χ2v) is 5.45. The van der Waals surface area contributed by atoms with Crippen molar-refractivity contribution in [1.82, 2.24) is 4.98 Å². The van der Waals surface area contributed by atoms with Crippen molar-refractivity contribution in [3.8, 4) is 5.88 Å². The summed E-state index contributed by atoms with van der Waals surface area (Å²) in [4.78, 5) is 4.23. The zero-order valence-corrected chi connectivity index (χ0v) is 9.70. The Morgan fingerprint density at radius 2 is 2.06 bits per heavy atom. The molecule has 1 aromatic heterocycles. The summed E-state index contributed by atoms with van der Waals surface area (Å²) in [6.07, 6.45) is 8.26. The minimum absolute atomic E-state index is 0.125. The number of hydrogen-bond acceptors (Lipinski definition) is 3. The van der Waals surface area contributed by atoms with E-state index in [0.717, 1.165) is 18.4 Å². The lowest BCUT2D eigenvalue weighted by Gasteiger charge is -2.59. The van der Waals surface area contributed by atoms with E-state index in [2.05, 4.69) is 11.1 Å². The van der Waals surface area contributed by atoms with Crippen LogP contribution in [-0.4, -0.2) is 12.1 Å². The van der Waals surface area contributed by atoms with E-state index in [1.54, 1.807) is 7.11 Å². The summed E-state index contributed by atoms with van der Waals surface area (Å²) in [6, 6.07) is 3.95. The Kier molecular flexibility index (Phi) is 2.02. The second-order valence-electron chi connectivity index (χ2n) is 5.45. The van der Waals surface area contributed by atoms with E-state index in [4.69, 9.17) is 10.5 Å². The molecule has 3 nitrogen and oxygen atoms in total. The molecular weight excluding hydrogens is 200 g/mol. The van der Waals surface area contributed by atoms with Crippen molar-refractivity contribution in [3.05, 3.63) is 23.9 Å². The van der Waals surface area contributed by atoms with Crippen LogP contribution in [0.2, 0.25) is 0 Å². The Labute approximate surface area is 96.0 Å². The van der Waals surface area contributed by atoms with E-state index in [9.17, 15) is 0 Å². The number of nitrogens with two attached hydrogens (primary N) is 1. The van der Waals surface area contributed by atoms with Crippen molar-refractivity contribution < 1.29 is 4.74 Å². The molecule has 1 spiro atoms. The van der Waals surface area contributed by atoms with Crippen LogP contribution in [0.3, 0.4) is 0 Å². The molecule has 2 fully saturated rings. The highest BCUT2D eigenvalue weighted by Crippen LogP contribution is 2.62. The van der Waals surface area contributed by atoms with Gasteiger partial charge in [0.05, 0.1) is 7.11 Å². The van der Waals surface area contributed by atoms with Crippen molar-refractivity contribution in [2.45, 2.75) is 37.6 Å². The molecule has 0 amide bonds. The van der Waals surface area contributed by atoms with Crippen molar-refractivity contribution in [1.29, 1.82) is 0 Å². The third-order valence-corrected chi connectivity index (χ3v) is 4.32. The molecule has 3 heteroatoms. The van der Waals surface area contributed by atoms with E-state index in [1.165, 1.54) is 19.3 Å². The Morgan fingerprint density at radius 1 is 1.31 bits per heavy atom. The number of pyridine rings is 1. The Balaban J connectivity index is 1.77. The van der Waals surface area contributed by atoms with Gasteiger partial charge in [-0.1, -0.05) is 12.5 Å². The van der Waals surface area contributed by atoms with Crippen molar-refractivity contribution in [2.75, 3.05) is 7.11 Å². The van der Waals surface area contributed by atoms with Crippen molar-refractivity contribution >= 4 is 0 Å². The zero-order valence-electron chi connectivity index (χ0n) is 9.70. The standard InChI is InChI=1S/C13H18N2O/c1-16-11-4-3-10(7-15-11)13(14)8-12(9-13)5-2-6-12/h3-4,7H,2,5-6,8-9,14H2,1H3. The molecule has 16 heavy (non-hydrogen) atoms. The molecule has 3 rings (SSSR count). The molecule has 0 bridgehead atoms. The maximum atomic E-state index is 6.42. The van der Waals surface area contributed by atoms with Crippen LogP contribution in [0.4, 0.5) is 0 Å². The van der Waals surface area contributed by atoms with Crippen molar-refractivity contribution in [2.24, 2.45) is 11.1 Å². The summed E-state index contributed by atoms with van der Waals surface area (Å²) in [6.45, 7) is 0. The highest BCUT2D eigenvalue weighted by molar-refractivity contribution is 5.30. The average Bonchev–Trinajstić information content (AvgIpc) is 2.22. The van der Waals surface area contributed by atoms with Gasteiger partial charge in [0.25, 0.3) is 0 Å². The molecule has 0 atom stereocenters. The molecule has 0 unspecified atom stereocenters. The normalized spacial score (nSPS) is 24.6. The monoisotopic (exact) mass is 218 g/mol. The average molecular weight is 218 g/mol. The number of hydrogen-bond donors (Lipinski definition) is 1. The van der Waals surface area contributed by atoms with Gasteiger partial charge in [0.15, 0.2) is 0 Å². The molecule has 0 saturated heterocycles. The molecule has 0 radical (unpaired) electrons. The summed E-state index contributed by atoms with van der Waals surface area (Å²) in [5.74, 6) is 0.657. The predicted octanol–water partition coefficient (Wildman–Crippen LogP) is 2.21. The topological polar surface area (TPSA) is 48.1 Å². The van der Waals surface area contributed by atoms with Gasteiger partial charge >= 0.3 is 0 Å². The Bertz CT molecular complexity index is 387. The Morgan fingerprint density at radius 3 is 2.50 bits per heavy atom. The first-order valence-corrected chi connectivity index (χ1v) is 5.95. The van der Waals surface area contributed by atoms with Crippen LogP contribution in [-0.2, 0) is 5.54 Å². The fraction of sp³-hybridized carbons (Fsp3) is 0.615. The highest BCUT2D eigenvalue weighted by Gasteiger charge is 2.55. The molecular formula is C13H18N2O. The Hall–Kier alpha value is -1.09. The van der Waals surface area contributed by atoms with Gasteiger partial charge in [-0.15, -0.1) is 0 Å². The first-order chi connectivity index (χ1) is 7.66. The molecule has 2 aliphatic rings. The van der Waals surface area contributed by atoms with Gasteiger partial charge in [-0.05, 0) is 36.7 Å². The number of ether oxygens (including phenoxy) is 1. The van der Waals surface area contributed by atoms with Crippen LogP contribution in [0, 0.1) is 5.41 Å². The maximum absolute atomic E-state index is 6.42. The molecule has 2 aliphatic carbocycles.